The highest BCUT2D eigenvalue weighted by atomic mass is 19.1. The standard InChI is InChI=1S/C20H25F3/c1-13-2-4-14(5-3-13)15-6-8-16(9-7-15)17-10-19(22)18(12-21)20(23)11-17/h8,10-11,13-15H,2-7,9,12H2,1H3. The molecule has 0 aliphatic heterocycles. The highest BCUT2D eigenvalue weighted by molar-refractivity contribution is 5.66. The molecule has 1 atom stereocenters. The number of hydrogen-bond donors (Lipinski definition) is 0. The van der Waals surface area contributed by atoms with Gasteiger partial charge in [-0.3, -0.25) is 0 Å². The van der Waals surface area contributed by atoms with Crippen molar-refractivity contribution in [3.63, 3.8) is 0 Å². The van der Waals surface area contributed by atoms with E-state index in [1.165, 1.54) is 37.8 Å². The third kappa shape index (κ3) is 3.64. The third-order valence-electron chi connectivity index (χ3n) is 5.82. The fourth-order valence-corrected chi connectivity index (χ4v) is 4.22. The summed E-state index contributed by atoms with van der Waals surface area (Å²) in [4.78, 5) is 0. The van der Waals surface area contributed by atoms with Gasteiger partial charge in [0, 0.05) is 0 Å². The van der Waals surface area contributed by atoms with E-state index >= 15 is 0 Å². The predicted octanol–water partition coefficient (Wildman–Crippen LogP) is 6.44. The molecule has 1 fully saturated rings. The lowest BCUT2D eigenvalue weighted by molar-refractivity contribution is 0.202. The Hall–Kier alpha value is -1.25. The summed E-state index contributed by atoms with van der Waals surface area (Å²) in [5.74, 6) is 0.844. The van der Waals surface area contributed by atoms with Crippen molar-refractivity contribution in [1.82, 2.24) is 0 Å². The van der Waals surface area contributed by atoms with Crippen LogP contribution in [0.5, 0.6) is 0 Å². The van der Waals surface area contributed by atoms with Crippen molar-refractivity contribution in [2.75, 3.05) is 0 Å². The Morgan fingerprint density at radius 1 is 0.957 bits per heavy atom. The molecule has 23 heavy (non-hydrogen) atoms. The Morgan fingerprint density at radius 3 is 2.13 bits per heavy atom. The number of allylic oxidation sites excluding steroid dienone is 2. The molecule has 3 heteroatoms. The quantitative estimate of drug-likeness (QED) is 0.600. The molecular formula is C20H25F3. The smallest absolute Gasteiger partial charge is 0.132 e. The molecule has 0 heterocycles. The van der Waals surface area contributed by atoms with Crippen LogP contribution in [0.15, 0.2) is 18.2 Å². The molecule has 1 unspecified atom stereocenters. The van der Waals surface area contributed by atoms with Crippen LogP contribution in [0.4, 0.5) is 13.2 Å². The molecular weight excluding hydrogens is 297 g/mol. The van der Waals surface area contributed by atoms with E-state index in [0.29, 0.717) is 11.5 Å². The molecule has 2 aliphatic rings. The van der Waals surface area contributed by atoms with Gasteiger partial charge in [0.2, 0.25) is 0 Å². The van der Waals surface area contributed by atoms with E-state index in [2.05, 4.69) is 13.0 Å². The first-order valence-electron chi connectivity index (χ1n) is 8.81. The molecule has 0 N–H and O–H groups in total. The maximum Gasteiger partial charge on any atom is 0.132 e. The van der Waals surface area contributed by atoms with Crippen LogP contribution < -0.4 is 0 Å². The van der Waals surface area contributed by atoms with Gasteiger partial charge in [-0.05, 0) is 73.1 Å². The molecule has 0 aromatic heterocycles. The van der Waals surface area contributed by atoms with Crippen LogP contribution in [0.1, 0.15) is 63.0 Å². The maximum atomic E-state index is 13.8. The zero-order valence-electron chi connectivity index (χ0n) is 13.8. The molecule has 0 saturated heterocycles. The van der Waals surface area contributed by atoms with E-state index in [1.54, 1.807) is 0 Å². The summed E-state index contributed by atoms with van der Waals surface area (Å²) in [6.07, 6.45) is 10.4. The minimum Gasteiger partial charge on any atom is -0.246 e. The van der Waals surface area contributed by atoms with Crippen molar-refractivity contribution in [3.8, 4) is 0 Å². The molecule has 0 amide bonds. The van der Waals surface area contributed by atoms with Crippen LogP contribution in [-0.4, -0.2) is 0 Å². The van der Waals surface area contributed by atoms with Crippen LogP contribution in [0.25, 0.3) is 5.57 Å². The summed E-state index contributed by atoms with van der Waals surface area (Å²) in [5, 5.41) is 0. The maximum absolute atomic E-state index is 13.8. The molecule has 3 rings (SSSR count). The van der Waals surface area contributed by atoms with Gasteiger partial charge in [-0.1, -0.05) is 25.8 Å². The first-order chi connectivity index (χ1) is 11.1. The second kappa shape index (κ2) is 7.11. The van der Waals surface area contributed by atoms with Crippen LogP contribution in [0.3, 0.4) is 0 Å². The topological polar surface area (TPSA) is 0 Å². The fraction of sp³-hybridized carbons (Fsp3) is 0.600. The molecule has 0 spiro atoms. The second-order valence-corrected chi connectivity index (χ2v) is 7.34. The lowest BCUT2D eigenvalue weighted by Gasteiger charge is -2.34. The van der Waals surface area contributed by atoms with Crippen molar-refractivity contribution >= 4 is 5.57 Å². The van der Waals surface area contributed by atoms with E-state index in [9.17, 15) is 13.2 Å². The fourth-order valence-electron chi connectivity index (χ4n) is 4.22. The SMILES string of the molecule is CC1CCC(C2CC=C(c3cc(F)c(CF)c(F)c3)CC2)CC1. The summed E-state index contributed by atoms with van der Waals surface area (Å²) in [5.41, 5.74) is 1.13. The van der Waals surface area contributed by atoms with Crippen molar-refractivity contribution in [2.45, 2.75) is 58.5 Å². The average Bonchev–Trinajstić information content (AvgIpc) is 2.55. The van der Waals surface area contributed by atoms with Crippen LogP contribution in [0.2, 0.25) is 0 Å². The molecule has 0 nitrogen and oxygen atoms in total. The van der Waals surface area contributed by atoms with Crippen LogP contribution in [0, 0.1) is 29.4 Å². The Bertz CT molecular complexity index is 560. The van der Waals surface area contributed by atoms with Gasteiger partial charge in [-0.25, -0.2) is 13.2 Å². The van der Waals surface area contributed by atoms with Gasteiger partial charge >= 0.3 is 0 Å². The largest absolute Gasteiger partial charge is 0.246 e. The van der Waals surface area contributed by atoms with Gasteiger partial charge in [-0.15, -0.1) is 0 Å². The Morgan fingerprint density at radius 2 is 1.61 bits per heavy atom. The molecule has 0 bridgehead atoms. The molecule has 1 saturated carbocycles. The van der Waals surface area contributed by atoms with Gasteiger partial charge in [0.15, 0.2) is 0 Å². The first kappa shape index (κ1) is 16.6. The van der Waals surface area contributed by atoms with Crippen molar-refractivity contribution in [1.29, 1.82) is 0 Å². The van der Waals surface area contributed by atoms with Gasteiger partial charge < -0.3 is 0 Å². The van der Waals surface area contributed by atoms with Crippen molar-refractivity contribution in [2.24, 2.45) is 17.8 Å². The lowest BCUT2D eigenvalue weighted by Crippen LogP contribution is -2.22. The number of halogens is 3. The highest BCUT2D eigenvalue weighted by Crippen LogP contribution is 2.41. The van der Waals surface area contributed by atoms with Crippen LogP contribution >= 0.6 is 0 Å². The summed E-state index contributed by atoms with van der Waals surface area (Å²) in [6.45, 7) is 1.23. The minimum absolute atomic E-state index is 0.459. The Labute approximate surface area is 136 Å². The summed E-state index contributed by atoms with van der Waals surface area (Å²) in [7, 11) is 0. The molecule has 1 aromatic carbocycles. The third-order valence-corrected chi connectivity index (χ3v) is 5.82. The van der Waals surface area contributed by atoms with Crippen LogP contribution in [-0.2, 0) is 6.67 Å². The molecule has 0 radical (unpaired) electrons. The van der Waals surface area contributed by atoms with E-state index in [0.717, 1.165) is 36.7 Å². The highest BCUT2D eigenvalue weighted by Gasteiger charge is 2.27. The summed E-state index contributed by atoms with van der Waals surface area (Å²) in [6, 6.07) is 2.57. The summed E-state index contributed by atoms with van der Waals surface area (Å²) >= 11 is 0. The van der Waals surface area contributed by atoms with Gasteiger partial charge in [0.05, 0.1) is 5.56 Å². The zero-order valence-corrected chi connectivity index (χ0v) is 13.8. The lowest BCUT2D eigenvalue weighted by atomic mass is 9.71. The zero-order chi connectivity index (χ0) is 16.4. The molecule has 2 aliphatic carbocycles. The van der Waals surface area contributed by atoms with E-state index < -0.39 is 23.9 Å². The number of benzene rings is 1. The second-order valence-electron chi connectivity index (χ2n) is 7.34. The number of rotatable bonds is 3. The Balaban J connectivity index is 1.69. The normalized spacial score (nSPS) is 28.5. The van der Waals surface area contributed by atoms with E-state index in [-0.39, 0.29) is 0 Å². The Kier molecular flexibility index (Phi) is 5.13. The minimum atomic E-state index is -1.10. The van der Waals surface area contributed by atoms with E-state index in [1.807, 2.05) is 0 Å². The number of alkyl halides is 1. The first-order valence-corrected chi connectivity index (χ1v) is 8.81. The average molecular weight is 322 g/mol. The number of hydrogen-bond acceptors (Lipinski definition) is 0. The predicted molar refractivity (Wildman–Crippen MR) is 87.6 cm³/mol. The molecule has 1 aromatic rings. The van der Waals surface area contributed by atoms with Crippen molar-refractivity contribution in [3.05, 3.63) is 41.0 Å². The van der Waals surface area contributed by atoms with E-state index in [4.69, 9.17) is 0 Å². The molecule has 126 valence electrons. The monoisotopic (exact) mass is 322 g/mol. The summed E-state index contributed by atoms with van der Waals surface area (Å²) < 4.78 is 40.1. The van der Waals surface area contributed by atoms with Gasteiger partial charge in [0.1, 0.15) is 18.3 Å². The van der Waals surface area contributed by atoms with Gasteiger partial charge in [0.25, 0.3) is 0 Å². The van der Waals surface area contributed by atoms with Gasteiger partial charge in [-0.2, -0.15) is 0 Å². The van der Waals surface area contributed by atoms with Crippen molar-refractivity contribution < 1.29 is 13.2 Å².